The second-order valence-corrected chi connectivity index (χ2v) is 16.2. The number of methoxy groups -OCH3 is 2. The van der Waals surface area contributed by atoms with Crippen LogP contribution in [0.25, 0.3) is 0 Å². The largest absolute Gasteiger partial charge is 0.493 e. The van der Waals surface area contributed by atoms with Gasteiger partial charge in [0.05, 0.1) is 48.8 Å². The van der Waals surface area contributed by atoms with E-state index in [2.05, 4.69) is 34.1 Å². The molecule has 0 aromatic heterocycles. The number of anilines is 4. The Morgan fingerprint density at radius 3 is 2.02 bits per heavy atom. The van der Waals surface area contributed by atoms with Crippen molar-refractivity contribution < 1.29 is 33.3 Å². The van der Waals surface area contributed by atoms with E-state index in [1.807, 2.05) is 78.6 Å². The lowest BCUT2D eigenvalue weighted by molar-refractivity contribution is -0.117. The van der Waals surface area contributed by atoms with Crippen LogP contribution in [-0.2, 0) is 30.8 Å². The number of aliphatic imine (C=N–C) groups is 1. The Morgan fingerprint density at radius 1 is 0.738 bits per heavy atom. The van der Waals surface area contributed by atoms with E-state index in [4.69, 9.17) is 23.9 Å². The van der Waals surface area contributed by atoms with Crippen molar-refractivity contribution in [1.82, 2.24) is 0 Å². The molecule has 4 heterocycles. The molecule has 9 rings (SSSR count). The Labute approximate surface area is 355 Å². The van der Waals surface area contributed by atoms with Gasteiger partial charge in [0.15, 0.2) is 23.0 Å². The minimum absolute atomic E-state index is 0.0188. The van der Waals surface area contributed by atoms with Crippen molar-refractivity contribution in [2.24, 2.45) is 4.99 Å². The molecule has 0 fully saturated rings. The van der Waals surface area contributed by atoms with E-state index < -0.39 is 0 Å². The Bertz CT molecular complexity index is 2590. The first-order valence-corrected chi connectivity index (χ1v) is 20.7. The third-order valence-electron chi connectivity index (χ3n) is 12.1. The SMILES string of the molecule is COc1cc2c(cc1OCc1cc(COc3cc4c(cc3OC)C(=O)N3c5ccccc5C[C@H]3CN4C)cc(N(C)CCCC(C)=O)c1)N=C[C@@H]1Cc3ccccc3N1C2=O. The van der Waals surface area contributed by atoms with Gasteiger partial charge >= 0.3 is 0 Å². The van der Waals surface area contributed by atoms with Crippen LogP contribution in [0.3, 0.4) is 0 Å². The second-order valence-electron chi connectivity index (χ2n) is 16.2. The number of fused-ring (bicyclic) bond motifs is 8. The number of likely N-dealkylation sites (N-methyl/N-ethyl adjacent to an activating group) is 1. The van der Waals surface area contributed by atoms with E-state index in [9.17, 15) is 14.4 Å². The van der Waals surface area contributed by atoms with Gasteiger partial charge in [-0.25, -0.2) is 0 Å². The van der Waals surface area contributed by atoms with E-state index in [1.165, 1.54) is 5.56 Å². The number of benzene rings is 5. The highest BCUT2D eigenvalue weighted by molar-refractivity contribution is 6.15. The molecule has 0 saturated carbocycles. The summed E-state index contributed by atoms with van der Waals surface area (Å²) in [5.41, 5.74) is 9.17. The molecule has 2 amide bonds. The lowest BCUT2D eigenvalue weighted by atomic mass is 10.1. The number of carbonyl (C=O) groups excluding carboxylic acids is 3. The summed E-state index contributed by atoms with van der Waals surface area (Å²) < 4.78 is 24.6. The van der Waals surface area contributed by atoms with Crippen molar-refractivity contribution in [2.75, 3.05) is 61.0 Å². The number of nitrogens with zero attached hydrogens (tertiary/aromatic N) is 5. The molecule has 0 saturated heterocycles. The van der Waals surface area contributed by atoms with E-state index in [0.29, 0.717) is 65.7 Å². The zero-order chi connectivity index (χ0) is 42.4. The van der Waals surface area contributed by atoms with Gasteiger partial charge in [0.2, 0.25) is 0 Å². The molecular formula is C49H49N5O7. The molecule has 312 valence electrons. The minimum Gasteiger partial charge on any atom is -0.493 e. The number of Topliss-reactive ketones (excluding diaryl/α,β-unsaturated/α-hetero) is 1. The summed E-state index contributed by atoms with van der Waals surface area (Å²) in [7, 11) is 7.16. The van der Waals surface area contributed by atoms with Gasteiger partial charge in [0.1, 0.15) is 19.0 Å². The maximum Gasteiger partial charge on any atom is 0.261 e. The predicted molar refractivity (Wildman–Crippen MR) is 237 cm³/mol. The van der Waals surface area contributed by atoms with Gasteiger partial charge in [-0.3, -0.25) is 19.5 Å². The van der Waals surface area contributed by atoms with Crippen LogP contribution >= 0.6 is 0 Å². The molecule has 12 heteroatoms. The van der Waals surface area contributed by atoms with Crippen molar-refractivity contribution in [3.63, 3.8) is 0 Å². The maximum absolute atomic E-state index is 14.2. The zero-order valence-corrected chi connectivity index (χ0v) is 35.1. The summed E-state index contributed by atoms with van der Waals surface area (Å²) in [5, 5.41) is 0. The number of ketones is 1. The fraction of sp³-hybridized carbons (Fsp3) is 0.306. The first-order valence-electron chi connectivity index (χ1n) is 20.7. The van der Waals surface area contributed by atoms with Crippen LogP contribution in [0.5, 0.6) is 23.0 Å². The normalized spacial score (nSPS) is 17.0. The molecule has 0 spiro atoms. The van der Waals surface area contributed by atoms with E-state index in [0.717, 1.165) is 52.3 Å². The smallest absolute Gasteiger partial charge is 0.261 e. The summed E-state index contributed by atoms with van der Waals surface area (Å²) in [6.07, 6.45) is 4.56. The Kier molecular flexibility index (Phi) is 10.6. The molecule has 4 aliphatic rings. The van der Waals surface area contributed by atoms with Gasteiger partial charge < -0.3 is 38.4 Å². The van der Waals surface area contributed by atoms with Crippen molar-refractivity contribution in [3.05, 3.63) is 124 Å². The van der Waals surface area contributed by atoms with Crippen LogP contribution in [0.15, 0.2) is 96.0 Å². The van der Waals surface area contributed by atoms with Gasteiger partial charge in [-0.15, -0.1) is 0 Å². The monoisotopic (exact) mass is 819 g/mol. The van der Waals surface area contributed by atoms with Crippen LogP contribution in [0.4, 0.5) is 28.4 Å². The van der Waals surface area contributed by atoms with E-state index >= 15 is 0 Å². The first kappa shape index (κ1) is 39.6. The van der Waals surface area contributed by atoms with E-state index in [1.54, 1.807) is 39.3 Å². The quantitative estimate of drug-likeness (QED) is 0.117. The van der Waals surface area contributed by atoms with Gasteiger partial charge in [-0.1, -0.05) is 36.4 Å². The number of ether oxygens (including phenoxy) is 4. The molecule has 2 atom stereocenters. The molecule has 0 bridgehead atoms. The lowest BCUT2D eigenvalue weighted by Crippen LogP contribution is -2.41. The molecule has 0 radical (unpaired) electrons. The summed E-state index contributed by atoms with van der Waals surface area (Å²) in [4.78, 5) is 52.7. The fourth-order valence-corrected chi connectivity index (χ4v) is 9.07. The summed E-state index contributed by atoms with van der Waals surface area (Å²) >= 11 is 0. The molecule has 5 aromatic rings. The third kappa shape index (κ3) is 7.51. The minimum atomic E-state index is -0.173. The predicted octanol–water partition coefficient (Wildman–Crippen LogP) is 7.98. The standard InChI is InChI=1S/C49H49N5O7/c1-30(55)11-10-16-51(2)35-18-31(28-60-46-24-40-38(22-44(46)58-4)48(56)53-36(26-50-40)20-33-12-6-8-14-41(33)53)17-32(19-35)29-61-47-25-43-39(23-45(47)59-5)49(57)54-37(27-52(43)3)21-34-13-7-9-15-42(34)54/h6-9,12-15,17-19,22-26,36-37H,10-11,16,20-21,27-29H2,1-5H3/t36-,37-/m0/s1. The van der Waals surface area contributed by atoms with Crippen molar-refractivity contribution in [3.8, 4) is 23.0 Å². The van der Waals surface area contributed by atoms with Crippen molar-refractivity contribution >= 4 is 52.2 Å². The fourth-order valence-electron chi connectivity index (χ4n) is 9.07. The number of rotatable bonds is 13. The van der Waals surface area contributed by atoms with Gasteiger partial charge in [0.25, 0.3) is 11.8 Å². The number of hydrogen-bond donors (Lipinski definition) is 0. The average molecular weight is 820 g/mol. The lowest BCUT2D eigenvalue weighted by Gasteiger charge is -2.25. The summed E-state index contributed by atoms with van der Waals surface area (Å²) in [6, 6.07) is 29.3. The van der Waals surface area contributed by atoms with Crippen LogP contribution < -0.4 is 38.5 Å². The maximum atomic E-state index is 14.2. The average Bonchev–Trinajstić information content (AvgIpc) is 3.76. The summed E-state index contributed by atoms with van der Waals surface area (Å²) in [6.45, 7) is 3.36. The Morgan fingerprint density at radius 2 is 1.34 bits per heavy atom. The van der Waals surface area contributed by atoms with Crippen molar-refractivity contribution in [1.29, 1.82) is 0 Å². The Hall–Kier alpha value is -6.82. The van der Waals surface area contributed by atoms with E-state index in [-0.39, 0.29) is 42.9 Å². The number of amides is 2. The Balaban J connectivity index is 0.979. The third-order valence-corrected chi connectivity index (χ3v) is 12.1. The summed E-state index contributed by atoms with van der Waals surface area (Å²) in [5.74, 6) is 1.85. The molecule has 0 unspecified atom stereocenters. The highest BCUT2D eigenvalue weighted by Gasteiger charge is 2.40. The number of carbonyl (C=O) groups is 3. The molecule has 12 nitrogen and oxygen atoms in total. The number of hydrogen-bond acceptors (Lipinski definition) is 10. The van der Waals surface area contributed by atoms with Crippen LogP contribution in [0.2, 0.25) is 0 Å². The molecule has 0 N–H and O–H groups in total. The molecule has 5 aromatic carbocycles. The molecule has 4 aliphatic heterocycles. The first-order chi connectivity index (χ1) is 29.6. The highest BCUT2D eigenvalue weighted by Crippen LogP contribution is 2.44. The zero-order valence-electron chi connectivity index (χ0n) is 35.1. The van der Waals surface area contributed by atoms with Crippen LogP contribution in [0.1, 0.15) is 62.7 Å². The van der Waals surface area contributed by atoms with Gasteiger partial charge in [0, 0.05) is 75.4 Å². The van der Waals surface area contributed by atoms with Gasteiger partial charge in [-0.2, -0.15) is 0 Å². The van der Waals surface area contributed by atoms with Crippen LogP contribution in [-0.4, -0.2) is 77.3 Å². The van der Waals surface area contributed by atoms with Crippen LogP contribution in [0, 0.1) is 0 Å². The van der Waals surface area contributed by atoms with Gasteiger partial charge in [-0.05, 0) is 84.5 Å². The highest BCUT2D eigenvalue weighted by atomic mass is 16.5. The topological polar surface area (TPSA) is 113 Å². The molecule has 0 aliphatic carbocycles. The second kappa shape index (κ2) is 16.3. The molecular weight excluding hydrogens is 771 g/mol. The van der Waals surface area contributed by atoms with Crippen molar-refractivity contribution in [2.45, 2.75) is 57.9 Å². The molecule has 61 heavy (non-hydrogen) atoms. The number of para-hydroxylation sites is 2.